The third-order valence-electron chi connectivity index (χ3n) is 2.53. The number of unbranched alkanes of at least 4 members (excludes halogenated alkanes) is 1. The third-order valence-corrected chi connectivity index (χ3v) is 2.53. The van der Waals surface area contributed by atoms with Crippen LogP contribution in [0, 0.1) is 5.92 Å². The number of nitrogens with one attached hydrogen (secondary N) is 1. The van der Waals surface area contributed by atoms with E-state index in [1.54, 1.807) is 0 Å². The van der Waals surface area contributed by atoms with Gasteiger partial charge in [-0.1, -0.05) is 20.3 Å². The predicted molar refractivity (Wildman–Crippen MR) is 68.8 cm³/mol. The summed E-state index contributed by atoms with van der Waals surface area (Å²) in [5, 5.41) is 20.2. The van der Waals surface area contributed by atoms with Crippen LogP contribution in [0.3, 0.4) is 0 Å². The number of rotatable bonds is 10. The Morgan fingerprint density at radius 1 is 1.21 bits per heavy atom. The molecule has 0 saturated carbocycles. The lowest BCUT2D eigenvalue weighted by Crippen LogP contribution is -2.43. The van der Waals surface area contributed by atoms with Crippen molar-refractivity contribution in [2.24, 2.45) is 5.92 Å². The maximum Gasteiger partial charge on any atom is 0.317 e. The highest BCUT2D eigenvalue weighted by Crippen LogP contribution is 2.00. The summed E-state index contributed by atoms with van der Waals surface area (Å²) in [7, 11) is 0. The summed E-state index contributed by atoms with van der Waals surface area (Å²) in [5.41, 5.74) is 0. The number of carboxylic acid groups (broad SMARTS) is 2. The van der Waals surface area contributed by atoms with Gasteiger partial charge in [-0.15, -0.1) is 0 Å². The Labute approximate surface area is 112 Å². The molecular weight excluding hydrogens is 252 g/mol. The van der Waals surface area contributed by atoms with E-state index in [1.807, 2.05) is 6.92 Å². The van der Waals surface area contributed by atoms with Crippen molar-refractivity contribution in [1.29, 1.82) is 0 Å². The Hall–Kier alpha value is -1.63. The minimum absolute atomic E-state index is 0.0306. The lowest BCUT2D eigenvalue weighted by molar-refractivity contribution is -0.144. The van der Waals surface area contributed by atoms with Crippen LogP contribution in [0.25, 0.3) is 0 Å². The normalized spacial score (nSPS) is 12.2. The molecule has 1 atom stereocenters. The molecule has 3 N–H and O–H groups in total. The van der Waals surface area contributed by atoms with Gasteiger partial charge in [0.05, 0.1) is 19.0 Å². The molecule has 0 aromatic carbocycles. The first-order chi connectivity index (χ1) is 8.86. The van der Waals surface area contributed by atoms with Gasteiger partial charge in [-0.3, -0.25) is 19.3 Å². The molecule has 0 rings (SSSR count). The van der Waals surface area contributed by atoms with Crippen LogP contribution in [-0.2, 0) is 14.4 Å². The number of hydrogen-bond donors (Lipinski definition) is 3. The van der Waals surface area contributed by atoms with Gasteiger partial charge in [0.2, 0.25) is 5.91 Å². The SMILES string of the molecule is CCCCNC(=O)CN(CC(=O)O)CC(C)C(=O)O. The highest BCUT2D eigenvalue weighted by molar-refractivity contribution is 5.79. The summed E-state index contributed by atoms with van der Waals surface area (Å²) in [6.07, 6.45) is 1.81. The molecule has 0 spiro atoms. The Kier molecular flexibility index (Phi) is 8.52. The van der Waals surface area contributed by atoms with Crippen LogP contribution in [0.2, 0.25) is 0 Å². The van der Waals surface area contributed by atoms with Gasteiger partial charge in [0, 0.05) is 13.1 Å². The Morgan fingerprint density at radius 2 is 1.84 bits per heavy atom. The lowest BCUT2D eigenvalue weighted by atomic mass is 10.1. The standard InChI is InChI=1S/C12H22N2O5/c1-3-4-5-13-10(15)7-14(8-11(16)17)6-9(2)12(18)19/h9H,3-8H2,1-2H3,(H,13,15)(H,16,17)(H,18,19). The van der Waals surface area contributed by atoms with Gasteiger partial charge in [-0.05, 0) is 6.42 Å². The van der Waals surface area contributed by atoms with Gasteiger partial charge in [0.1, 0.15) is 0 Å². The zero-order valence-electron chi connectivity index (χ0n) is 11.4. The minimum atomic E-state index is -1.08. The van der Waals surface area contributed by atoms with Gasteiger partial charge in [0.15, 0.2) is 0 Å². The molecule has 1 unspecified atom stereocenters. The summed E-state index contributed by atoms with van der Waals surface area (Å²) in [4.78, 5) is 34.3. The van der Waals surface area contributed by atoms with E-state index in [4.69, 9.17) is 10.2 Å². The van der Waals surface area contributed by atoms with Crippen LogP contribution in [0.4, 0.5) is 0 Å². The largest absolute Gasteiger partial charge is 0.481 e. The number of nitrogens with zero attached hydrogens (tertiary/aromatic N) is 1. The molecule has 1 amide bonds. The van der Waals surface area contributed by atoms with Gasteiger partial charge in [-0.25, -0.2) is 0 Å². The molecule has 0 heterocycles. The van der Waals surface area contributed by atoms with Gasteiger partial charge in [-0.2, -0.15) is 0 Å². The first kappa shape index (κ1) is 17.4. The first-order valence-electron chi connectivity index (χ1n) is 6.30. The topological polar surface area (TPSA) is 107 Å². The average molecular weight is 274 g/mol. The highest BCUT2D eigenvalue weighted by atomic mass is 16.4. The second-order valence-electron chi connectivity index (χ2n) is 4.51. The van der Waals surface area contributed by atoms with E-state index < -0.39 is 17.9 Å². The maximum atomic E-state index is 11.6. The summed E-state index contributed by atoms with van der Waals surface area (Å²) in [6.45, 7) is 3.60. The number of amides is 1. The molecule has 0 aliphatic rings. The fourth-order valence-corrected chi connectivity index (χ4v) is 1.51. The van der Waals surface area contributed by atoms with Crippen molar-refractivity contribution < 1.29 is 24.6 Å². The molecule has 0 aliphatic carbocycles. The summed E-state index contributed by atoms with van der Waals surface area (Å²) >= 11 is 0. The van der Waals surface area contributed by atoms with Crippen molar-refractivity contribution in [2.75, 3.05) is 26.2 Å². The van der Waals surface area contributed by atoms with Crippen LogP contribution in [-0.4, -0.2) is 59.1 Å². The summed E-state index contributed by atoms with van der Waals surface area (Å²) in [6, 6.07) is 0. The summed E-state index contributed by atoms with van der Waals surface area (Å²) in [5.74, 6) is -3.10. The molecule has 19 heavy (non-hydrogen) atoms. The van der Waals surface area contributed by atoms with E-state index in [0.717, 1.165) is 12.8 Å². The molecule has 0 aromatic heterocycles. The zero-order chi connectivity index (χ0) is 14.8. The molecule has 0 fully saturated rings. The molecule has 7 heteroatoms. The predicted octanol–water partition coefficient (Wildman–Crippen LogP) is 0.0100. The Bertz CT molecular complexity index is 319. The van der Waals surface area contributed by atoms with E-state index in [1.165, 1.54) is 11.8 Å². The molecule has 110 valence electrons. The maximum absolute atomic E-state index is 11.6. The molecule has 0 aliphatic heterocycles. The number of aliphatic carboxylic acids is 2. The van der Waals surface area contributed by atoms with E-state index in [-0.39, 0.29) is 25.5 Å². The molecule has 0 bridgehead atoms. The van der Waals surface area contributed by atoms with Crippen LogP contribution >= 0.6 is 0 Å². The smallest absolute Gasteiger partial charge is 0.317 e. The quantitative estimate of drug-likeness (QED) is 0.484. The summed E-state index contributed by atoms with van der Waals surface area (Å²) < 4.78 is 0. The molecule has 0 aromatic rings. The molecular formula is C12H22N2O5. The number of carbonyl (C=O) groups is 3. The molecule has 0 saturated heterocycles. The Morgan fingerprint density at radius 3 is 2.32 bits per heavy atom. The van der Waals surface area contributed by atoms with Crippen molar-refractivity contribution in [1.82, 2.24) is 10.2 Å². The van der Waals surface area contributed by atoms with Crippen molar-refractivity contribution in [3.05, 3.63) is 0 Å². The van der Waals surface area contributed by atoms with E-state index in [2.05, 4.69) is 5.32 Å². The second-order valence-corrected chi connectivity index (χ2v) is 4.51. The minimum Gasteiger partial charge on any atom is -0.481 e. The van der Waals surface area contributed by atoms with Crippen LogP contribution < -0.4 is 5.32 Å². The van der Waals surface area contributed by atoms with Crippen LogP contribution in [0.15, 0.2) is 0 Å². The fourth-order valence-electron chi connectivity index (χ4n) is 1.51. The fraction of sp³-hybridized carbons (Fsp3) is 0.750. The van der Waals surface area contributed by atoms with Crippen molar-refractivity contribution in [3.8, 4) is 0 Å². The monoisotopic (exact) mass is 274 g/mol. The van der Waals surface area contributed by atoms with Gasteiger partial charge in [0.25, 0.3) is 0 Å². The Balaban J connectivity index is 4.29. The van der Waals surface area contributed by atoms with Crippen molar-refractivity contribution in [2.45, 2.75) is 26.7 Å². The van der Waals surface area contributed by atoms with E-state index >= 15 is 0 Å². The molecule has 0 radical (unpaired) electrons. The van der Waals surface area contributed by atoms with Crippen molar-refractivity contribution >= 4 is 17.8 Å². The van der Waals surface area contributed by atoms with E-state index in [9.17, 15) is 14.4 Å². The van der Waals surface area contributed by atoms with Crippen molar-refractivity contribution in [3.63, 3.8) is 0 Å². The number of hydrogen-bond acceptors (Lipinski definition) is 4. The first-order valence-corrected chi connectivity index (χ1v) is 6.30. The van der Waals surface area contributed by atoms with Crippen LogP contribution in [0.1, 0.15) is 26.7 Å². The van der Waals surface area contributed by atoms with Crippen LogP contribution in [0.5, 0.6) is 0 Å². The van der Waals surface area contributed by atoms with Gasteiger partial charge < -0.3 is 15.5 Å². The number of carbonyl (C=O) groups excluding carboxylic acids is 1. The lowest BCUT2D eigenvalue weighted by Gasteiger charge is -2.21. The van der Waals surface area contributed by atoms with E-state index in [0.29, 0.717) is 6.54 Å². The zero-order valence-corrected chi connectivity index (χ0v) is 11.4. The molecule has 7 nitrogen and oxygen atoms in total. The van der Waals surface area contributed by atoms with Gasteiger partial charge >= 0.3 is 11.9 Å². The third kappa shape index (κ3) is 9.01. The highest BCUT2D eigenvalue weighted by Gasteiger charge is 2.20. The average Bonchev–Trinajstić information content (AvgIpc) is 2.27. The number of carboxylic acids is 2. The second kappa shape index (κ2) is 9.32.